The van der Waals surface area contributed by atoms with Crippen LogP contribution in [0.25, 0.3) is 22.0 Å². The van der Waals surface area contributed by atoms with Crippen LogP contribution in [0.3, 0.4) is 0 Å². The maximum Gasteiger partial charge on any atom is 0.215 e. The van der Waals surface area contributed by atoms with E-state index >= 15 is 4.39 Å². The number of aromatic nitrogens is 2. The summed E-state index contributed by atoms with van der Waals surface area (Å²) in [5.41, 5.74) is 1.56. The summed E-state index contributed by atoms with van der Waals surface area (Å²) in [5, 5.41) is 0.274. The van der Waals surface area contributed by atoms with Crippen LogP contribution in [0.15, 0.2) is 36.8 Å². The van der Waals surface area contributed by atoms with E-state index in [2.05, 4.69) is 30.5 Å². The summed E-state index contributed by atoms with van der Waals surface area (Å²) in [5.74, 6) is -1.13. The van der Waals surface area contributed by atoms with Crippen LogP contribution in [0.1, 0.15) is 52.1 Å². The second-order valence-electron chi connectivity index (χ2n) is 9.56. The number of nitrogens with one attached hydrogen (secondary N) is 1. The van der Waals surface area contributed by atoms with Gasteiger partial charge in [0.25, 0.3) is 0 Å². The molecule has 3 aromatic rings. The minimum Gasteiger partial charge on any atom is -0.347 e. The van der Waals surface area contributed by atoms with Gasteiger partial charge in [0, 0.05) is 53.2 Å². The zero-order valence-corrected chi connectivity index (χ0v) is 18.9. The molecule has 1 N–H and O–H groups in total. The molecule has 1 aliphatic rings. The van der Waals surface area contributed by atoms with Crippen molar-refractivity contribution < 1.29 is 17.2 Å². The highest BCUT2D eigenvalue weighted by Crippen LogP contribution is 2.36. The molecule has 0 saturated heterocycles. The molecule has 0 aliphatic heterocycles. The lowest BCUT2D eigenvalue weighted by Gasteiger charge is -2.20. The maximum absolute atomic E-state index is 15.1. The summed E-state index contributed by atoms with van der Waals surface area (Å²) in [6.45, 7) is 8.66. The number of hydrogen-bond acceptors (Lipinski definition) is 3. The largest absolute Gasteiger partial charge is 0.347 e. The van der Waals surface area contributed by atoms with E-state index in [0.717, 1.165) is 5.52 Å². The second-order valence-corrected chi connectivity index (χ2v) is 11.6. The minimum atomic E-state index is -3.41. The third kappa shape index (κ3) is 4.50. The fourth-order valence-electron chi connectivity index (χ4n) is 3.89. The van der Waals surface area contributed by atoms with E-state index in [1.807, 2.05) is 10.8 Å². The van der Waals surface area contributed by atoms with Crippen molar-refractivity contribution in [2.45, 2.75) is 58.4 Å². The average Bonchev–Trinajstić information content (AvgIpc) is 3.46. The number of benzene rings is 1. The van der Waals surface area contributed by atoms with Gasteiger partial charge in [-0.15, -0.1) is 0 Å². The van der Waals surface area contributed by atoms with Crippen LogP contribution < -0.4 is 4.72 Å². The molecule has 0 spiro atoms. The van der Waals surface area contributed by atoms with E-state index in [0.29, 0.717) is 30.3 Å². The quantitative estimate of drug-likeness (QED) is 0.567. The number of pyridine rings is 1. The van der Waals surface area contributed by atoms with Crippen molar-refractivity contribution in [1.82, 2.24) is 14.3 Å². The van der Waals surface area contributed by atoms with Gasteiger partial charge in [-0.05, 0) is 48.9 Å². The Bertz CT molecular complexity index is 1240. The van der Waals surface area contributed by atoms with Crippen molar-refractivity contribution in [2.24, 2.45) is 5.41 Å². The fraction of sp³-hybridized carbons (Fsp3) is 0.435. The Morgan fingerprint density at radius 2 is 1.90 bits per heavy atom. The molecule has 166 valence electrons. The molecule has 1 aliphatic carbocycles. The lowest BCUT2D eigenvalue weighted by atomic mass is 9.96. The number of halogens is 2. The van der Waals surface area contributed by atoms with Crippen LogP contribution in [0.4, 0.5) is 8.78 Å². The van der Waals surface area contributed by atoms with E-state index in [9.17, 15) is 12.8 Å². The molecule has 4 rings (SSSR count). The first-order valence-electron chi connectivity index (χ1n) is 10.4. The molecular formula is C23H27F2N3O2S. The molecule has 31 heavy (non-hydrogen) atoms. The van der Waals surface area contributed by atoms with E-state index in [-0.39, 0.29) is 21.8 Å². The van der Waals surface area contributed by atoms with E-state index in [4.69, 9.17) is 0 Å². The number of sulfonamides is 1. The summed E-state index contributed by atoms with van der Waals surface area (Å²) in [6, 6.07) is 3.68. The fourth-order valence-corrected chi connectivity index (χ4v) is 5.46. The van der Waals surface area contributed by atoms with Crippen LogP contribution >= 0.6 is 0 Å². The number of fused-ring (bicyclic) bond motifs is 1. The summed E-state index contributed by atoms with van der Waals surface area (Å²) in [6.07, 6.45) is 5.84. The van der Waals surface area contributed by atoms with Crippen molar-refractivity contribution >= 4 is 20.9 Å². The highest BCUT2D eigenvalue weighted by molar-refractivity contribution is 7.90. The molecule has 1 saturated carbocycles. The molecule has 0 bridgehead atoms. The van der Waals surface area contributed by atoms with Crippen LogP contribution in [0.5, 0.6) is 0 Å². The SMILES string of the molecule is CC(NS(=O)(=O)C1CC1)c1cn(CC(C)(C)C)c2cc(-c3cnccc3F)c(F)cc12. The average molecular weight is 448 g/mol. The summed E-state index contributed by atoms with van der Waals surface area (Å²) in [4.78, 5) is 3.93. The normalized spacial score (nSPS) is 16.1. The topological polar surface area (TPSA) is 64.0 Å². The van der Waals surface area contributed by atoms with Gasteiger partial charge in [-0.3, -0.25) is 4.98 Å². The molecule has 1 aromatic carbocycles. The lowest BCUT2D eigenvalue weighted by molar-refractivity contribution is 0.349. The predicted octanol–water partition coefficient (Wildman–Crippen LogP) is 5.17. The van der Waals surface area contributed by atoms with Crippen LogP contribution in [-0.2, 0) is 16.6 Å². The minimum absolute atomic E-state index is 0.0753. The molecule has 8 heteroatoms. The first kappa shape index (κ1) is 21.9. The van der Waals surface area contributed by atoms with E-state index < -0.39 is 27.7 Å². The molecule has 0 radical (unpaired) electrons. The molecule has 2 heterocycles. The van der Waals surface area contributed by atoms with Crippen molar-refractivity contribution in [1.29, 1.82) is 0 Å². The Labute approximate surface area is 181 Å². The summed E-state index contributed by atoms with van der Waals surface area (Å²) in [7, 11) is -3.41. The Kier molecular flexibility index (Phi) is 5.42. The lowest BCUT2D eigenvalue weighted by Crippen LogP contribution is -2.29. The predicted molar refractivity (Wildman–Crippen MR) is 118 cm³/mol. The Hall–Kier alpha value is -2.32. The maximum atomic E-state index is 15.1. The zero-order valence-electron chi connectivity index (χ0n) is 18.1. The van der Waals surface area contributed by atoms with Gasteiger partial charge in [-0.25, -0.2) is 21.9 Å². The van der Waals surface area contributed by atoms with Gasteiger partial charge in [0.1, 0.15) is 11.6 Å². The van der Waals surface area contributed by atoms with Crippen LogP contribution in [0, 0.1) is 17.0 Å². The van der Waals surface area contributed by atoms with Gasteiger partial charge in [-0.2, -0.15) is 0 Å². The summed E-state index contributed by atoms with van der Waals surface area (Å²) >= 11 is 0. The number of hydrogen-bond donors (Lipinski definition) is 1. The van der Waals surface area contributed by atoms with Gasteiger partial charge in [0.2, 0.25) is 10.0 Å². The second kappa shape index (κ2) is 7.67. The highest BCUT2D eigenvalue weighted by atomic mass is 32.2. The van der Waals surface area contributed by atoms with Gasteiger partial charge < -0.3 is 4.57 Å². The van der Waals surface area contributed by atoms with E-state index in [1.54, 1.807) is 13.0 Å². The third-order valence-corrected chi connectivity index (χ3v) is 7.51. The van der Waals surface area contributed by atoms with Crippen LogP contribution in [0.2, 0.25) is 0 Å². The summed E-state index contributed by atoms with van der Waals surface area (Å²) < 4.78 is 59.1. The third-order valence-electron chi connectivity index (χ3n) is 5.47. The molecular weight excluding hydrogens is 420 g/mol. The van der Waals surface area contributed by atoms with Crippen molar-refractivity contribution in [3.63, 3.8) is 0 Å². The molecule has 5 nitrogen and oxygen atoms in total. The van der Waals surface area contributed by atoms with Gasteiger partial charge in [0.15, 0.2) is 0 Å². The molecule has 1 fully saturated rings. The Balaban J connectivity index is 1.86. The number of rotatable bonds is 6. The smallest absolute Gasteiger partial charge is 0.215 e. The standard InChI is InChI=1S/C23H27F2N3O2S/c1-14(27-31(29,30)15-5-6-15)19-12-28(13-23(2,3)4)22-10-16(21(25)9-17(19)22)18-11-26-8-7-20(18)24/h7-12,14-15,27H,5-6,13H2,1-4H3. The molecule has 2 aromatic heterocycles. The van der Waals surface area contributed by atoms with Crippen molar-refractivity contribution in [3.05, 3.63) is 54.0 Å². The highest BCUT2D eigenvalue weighted by Gasteiger charge is 2.37. The van der Waals surface area contributed by atoms with Crippen LogP contribution in [-0.4, -0.2) is 23.2 Å². The monoisotopic (exact) mass is 447 g/mol. The molecule has 0 amide bonds. The Morgan fingerprint density at radius 3 is 2.52 bits per heavy atom. The van der Waals surface area contributed by atoms with E-state index in [1.165, 1.54) is 24.5 Å². The van der Waals surface area contributed by atoms with Crippen molar-refractivity contribution in [3.8, 4) is 11.1 Å². The van der Waals surface area contributed by atoms with Crippen molar-refractivity contribution in [2.75, 3.05) is 0 Å². The van der Waals surface area contributed by atoms with Gasteiger partial charge in [0.05, 0.1) is 5.25 Å². The molecule has 1 atom stereocenters. The van der Waals surface area contributed by atoms with Gasteiger partial charge in [-0.1, -0.05) is 20.8 Å². The molecule has 1 unspecified atom stereocenters. The zero-order chi connectivity index (χ0) is 22.6. The first-order chi connectivity index (χ1) is 14.5. The first-order valence-corrected chi connectivity index (χ1v) is 11.9. The Morgan fingerprint density at radius 1 is 1.19 bits per heavy atom. The number of nitrogens with zero attached hydrogens (tertiary/aromatic N) is 2. The van der Waals surface area contributed by atoms with Gasteiger partial charge >= 0.3 is 0 Å².